The monoisotopic (exact) mass is 496 g/mol. The second-order valence-corrected chi connectivity index (χ2v) is 9.49. The lowest BCUT2D eigenvalue weighted by Gasteiger charge is -2.27. The van der Waals surface area contributed by atoms with E-state index in [1.807, 2.05) is 84.9 Å². The van der Waals surface area contributed by atoms with Crippen molar-refractivity contribution in [2.24, 2.45) is 0 Å². The van der Waals surface area contributed by atoms with Crippen LogP contribution in [0.3, 0.4) is 0 Å². The van der Waals surface area contributed by atoms with Gasteiger partial charge in [0.05, 0.1) is 29.3 Å². The predicted octanol–water partition coefficient (Wildman–Crippen LogP) is 5.91. The van der Waals surface area contributed by atoms with Crippen LogP contribution in [-0.2, 0) is 11.3 Å². The molecule has 4 aromatic rings. The summed E-state index contributed by atoms with van der Waals surface area (Å²) in [5.74, 6) is -0.830. The maximum absolute atomic E-state index is 13.9. The van der Waals surface area contributed by atoms with Gasteiger partial charge in [0.2, 0.25) is 5.78 Å². The van der Waals surface area contributed by atoms with Crippen LogP contribution in [-0.4, -0.2) is 33.8 Å². The van der Waals surface area contributed by atoms with E-state index in [1.165, 1.54) is 16.2 Å². The molecule has 0 aliphatic carbocycles. The lowest BCUT2D eigenvalue weighted by Crippen LogP contribution is -2.30. The lowest BCUT2D eigenvalue weighted by atomic mass is 9.95. The zero-order valence-corrected chi connectivity index (χ0v) is 20.7. The Morgan fingerprint density at radius 2 is 1.72 bits per heavy atom. The van der Waals surface area contributed by atoms with Crippen molar-refractivity contribution in [2.75, 3.05) is 7.11 Å². The van der Waals surface area contributed by atoms with Gasteiger partial charge in [-0.1, -0.05) is 72.8 Å². The van der Waals surface area contributed by atoms with Crippen molar-refractivity contribution in [2.45, 2.75) is 19.5 Å². The first-order valence-corrected chi connectivity index (χ1v) is 12.3. The van der Waals surface area contributed by atoms with E-state index >= 15 is 0 Å². The first kappa shape index (κ1) is 23.5. The first-order chi connectivity index (χ1) is 17.5. The molecule has 1 amide bonds. The second kappa shape index (κ2) is 9.79. The average molecular weight is 497 g/mol. The fourth-order valence-electron chi connectivity index (χ4n) is 4.43. The van der Waals surface area contributed by atoms with Gasteiger partial charge in [-0.25, -0.2) is 4.98 Å². The van der Waals surface area contributed by atoms with Gasteiger partial charge in [0.25, 0.3) is 5.91 Å². The van der Waals surface area contributed by atoms with Crippen LogP contribution >= 0.6 is 11.3 Å². The summed E-state index contributed by atoms with van der Waals surface area (Å²) < 4.78 is 5.32. The number of aromatic nitrogens is 1. The number of hydrogen-bond donors (Lipinski definition) is 1. The van der Waals surface area contributed by atoms with Crippen LogP contribution in [0.1, 0.15) is 32.5 Å². The van der Waals surface area contributed by atoms with Gasteiger partial charge in [-0.2, -0.15) is 0 Å². The average Bonchev–Trinajstić information content (AvgIpc) is 3.42. The van der Waals surface area contributed by atoms with Crippen LogP contribution in [0.25, 0.3) is 10.6 Å². The molecule has 1 aliphatic rings. The van der Waals surface area contributed by atoms with Gasteiger partial charge in [0, 0.05) is 12.1 Å². The minimum Gasteiger partial charge on any atom is -0.503 e. The molecule has 1 N–H and O–H groups in total. The number of thiazole rings is 1. The van der Waals surface area contributed by atoms with E-state index in [0.29, 0.717) is 21.3 Å². The zero-order chi connectivity index (χ0) is 25.2. The Hall–Kier alpha value is -4.23. The van der Waals surface area contributed by atoms with Gasteiger partial charge in [0.15, 0.2) is 5.76 Å². The van der Waals surface area contributed by atoms with Crippen LogP contribution in [0.4, 0.5) is 0 Å². The van der Waals surface area contributed by atoms with Gasteiger partial charge in [-0.05, 0) is 30.2 Å². The van der Waals surface area contributed by atoms with Crippen molar-refractivity contribution in [1.29, 1.82) is 0 Å². The summed E-state index contributed by atoms with van der Waals surface area (Å²) in [5, 5.41) is 11.7. The summed E-state index contributed by atoms with van der Waals surface area (Å²) in [6.45, 7) is 1.98. The van der Waals surface area contributed by atoms with E-state index in [0.717, 1.165) is 16.7 Å². The van der Waals surface area contributed by atoms with Crippen molar-refractivity contribution in [1.82, 2.24) is 9.88 Å². The molecular weight excluding hydrogens is 472 g/mol. The van der Waals surface area contributed by atoms with Crippen molar-refractivity contribution < 1.29 is 19.4 Å². The molecule has 7 heteroatoms. The highest BCUT2D eigenvalue weighted by atomic mass is 32.1. The minimum absolute atomic E-state index is 0.0699. The van der Waals surface area contributed by atoms with Crippen molar-refractivity contribution >= 4 is 23.0 Å². The number of aryl methyl sites for hydroxylation is 1. The van der Waals surface area contributed by atoms with Gasteiger partial charge in [0.1, 0.15) is 10.8 Å². The van der Waals surface area contributed by atoms with Crippen LogP contribution < -0.4 is 4.74 Å². The standard InChI is InChI=1S/C29H24N2O4S/c1-18-27(36-28(30-18)21-13-7-4-8-14-21)25(32)23-24(20-11-5-3-6-12-20)31(29(34)26(23)33)17-19-10-9-15-22(16-19)35-2/h3-16,24,33H,17H2,1-2H3. The summed E-state index contributed by atoms with van der Waals surface area (Å²) >= 11 is 1.27. The molecule has 0 saturated heterocycles. The van der Waals surface area contributed by atoms with Crippen molar-refractivity contribution in [3.63, 3.8) is 0 Å². The number of rotatable bonds is 7. The number of ether oxygens (including phenoxy) is 1. The number of carbonyl (C=O) groups excluding carboxylic acids is 2. The van der Waals surface area contributed by atoms with Crippen LogP contribution in [0.2, 0.25) is 0 Å². The topological polar surface area (TPSA) is 79.7 Å². The molecule has 180 valence electrons. The number of ketones is 1. The van der Waals surface area contributed by atoms with E-state index in [2.05, 4.69) is 4.98 Å². The minimum atomic E-state index is -0.737. The van der Waals surface area contributed by atoms with Crippen LogP contribution in [0.5, 0.6) is 5.75 Å². The number of hydrogen-bond acceptors (Lipinski definition) is 6. The Bertz CT molecular complexity index is 1460. The molecule has 1 aliphatic heterocycles. The zero-order valence-electron chi connectivity index (χ0n) is 19.8. The highest BCUT2D eigenvalue weighted by Crippen LogP contribution is 2.41. The summed E-state index contributed by atoms with van der Waals surface area (Å²) in [6.07, 6.45) is 0. The molecule has 1 unspecified atom stereocenters. The lowest BCUT2D eigenvalue weighted by molar-refractivity contribution is -0.130. The van der Waals surface area contributed by atoms with Crippen LogP contribution in [0, 0.1) is 6.92 Å². The van der Waals surface area contributed by atoms with Crippen molar-refractivity contribution in [3.05, 3.63) is 118 Å². The summed E-state index contributed by atoms with van der Waals surface area (Å²) in [6, 6.07) is 25.6. The number of aliphatic hydroxyl groups excluding tert-OH is 1. The van der Waals surface area contributed by atoms with Gasteiger partial charge in [-0.3, -0.25) is 9.59 Å². The number of benzene rings is 3. The third-order valence-corrected chi connectivity index (χ3v) is 7.38. The third kappa shape index (κ3) is 4.29. The Kier molecular flexibility index (Phi) is 6.40. The summed E-state index contributed by atoms with van der Waals surface area (Å²) in [7, 11) is 1.58. The molecule has 0 radical (unpaired) electrons. The van der Waals surface area contributed by atoms with Gasteiger partial charge < -0.3 is 14.7 Å². The molecule has 1 aromatic heterocycles. The van der Waals surface area contributed by atoms with E-state index in [4.69, 9.17) is 4.74 Å². The molecule has 6 nitrogen and oxygen atoms in total. The summed E-state index contributed by atoms with van der Waals surface area (Å²) in [5.41, 5.74) is 3.11. The smallest absolute Gasteiger partial charge is 0.290 e. The Morgan fingerprint density at radius 3 is 2.42 bits per heavy atom. The molecule has 1 atom stereocenters. The largest absolute Gasteiger partial charge is 0.503 e. The molecule has 0 bridgehead atoms. The van der Waals surface area contributed by atoms with E-state index < -0.39 is 17.7 Å². The number of aliphatic hydroxyl groups is 1. The van der Waals surface area contributed by atoms with Crippen molar-refractivity contribution in [3.8, 4) is 16.3 Å². The Morgan fingerprint density at radius 1 is 1.03 bits per heavy atom. The maximum Gasteiger partial charge on any atom is 0.290 e. The first-order valence-electron chi connectivity index (χ1n) is 11.5. The van der Waals surface area contributed by atoms with Gasteiger partial charge >= 0.3 is 0 Å². The van der Waals surface area contributed by atoms with E-state index in [1.54, 1.807) is 14.0 Å². The number of methoxy groups -OCH3 is 1. The Labute approximate surface area is 213 Å². The van der Waals surface area contributed by atoms with E-state index in [9.17, 15) is 14.7 Å². The van der Waals surface area contributed by atoms with E-state index in [-0.39, 0.29) is 17.9 Å². The summed E-state index contributed by atoms with van der Waals surface area (Å²) in [4.78, 5) is 33.8. The van der Waals surface area contributed by atoms with Crippen LogP contribution in [0.15, 0.2) is 96.3 Å². The van der Waals surface area contributed by atoms with Gasteiger partial charge in [-0.15, -0.1) is 11.3 Å². The molecule has 3 aromatic carbocycles. The SMILES string of the molecule is COc1cccc(CN2C(=O)C(O)=C(C(=O)c3sc(-c4ccccc4)nc3C)C2c2ccccc2)c1. The fraction of sp³-hybridized carbons (Fsp3) is 0.138. The number of amides is 1. The maximum atomic E-state index is 13.9. The molecule has 0 fully saturated rings. The highest BCUT2D eigenvalue weighted by molar-refractivity contribution is 7.17. The number of nitrogens with zero attached hydrogens (tertiary/aromatic N) is 2. The Balaban J connectivity index is 1.56. The molecule has 0 spiro atoms. The second-order valence-electron chi connectivity index (χ2n) is 8.49. The highest BCUT2D eigenvalue weighted by Gasteiger charge is 2.44. The molecule has 0 saturated carbocycles. The molecule has 5 rings (SSSR count). The number of Topliss-reactive ketones (excluding diaryl/α,β-unsaturated/α-hetero) is 1. The normalized spacial score (nSPS) is 15.4. The predicted molar refractivity (Wildman–Crippen MR) is 139 cm³/mol. The molecule has 2 heterocycles. The molecular formula is C29H24N2O4S. The quantitative estimate of drug-likeness (QED) is 0.322. The molecule has 36 heavy (non-hydrogen) atoms. The fourth-order valence-corrected chi connectivity index (χ4v) is 5.46. The number of carbonyl (C=O) groups is 2. The third-order valence-electron chi connectivity index (χ3n) is 6.17.